The van der Waals surface area contributed by atoms with Gasteiger partial charge in [0.15, 0.2) is 9.84 Å². The van der Waals surface area contributed by atoms with Crippen LogP contribution in [0.4, 0.5) is 0 Å². The second-order valence-corrected chi connectivity index (χ2v) is 9.63. The van der Waals surface area contributed by atoms with Crippen LogP contribution < -0.4 is 0 Å². The Hall–Kier alpha value is -3.30. The number of pyridine rings is 2. The molecule has 3 rings (SSSR count). The highest BCUT2D eigenvalue weighted by molar-refractivity contribution is 7.90. The number of rotatable bonds is 7. The molecule has 0 aliphatic rings. The third-order valence-corrected chi connectivity index (χ3v) is 5.75. The quantitative estimate of drug-likeness (QED) is 0.494. The summed E-state index contributed by atoms with van der Waals surface area (Å²) in [6.07, 6.45) is 4.63. The number of carbonyl (C=O) groups is 2. The largest absolute Gasteiger partial charge is 0.481 e. The van der Waals surface area contributed by atoms with Gasteiger partial charge in [-0.15, -0.1) is 0 Å². The number of hydrogen-bond donors (Lipinski definition) is 2. The third-order valence-electron chi connectivity index (χ3n) is 4.41. The highest BCUT2D eigenvalue weighted by atomic mass is 35.5. The molecule has 0 bridgehead atoms. The zero-order valence-corrected chi connectivity index (χ0v) is 19.6. The number of aromatic nitrogens is 2. The Morgan fingerprint density at radius 1 is 0.909 bits per heavy atom. The van der Waals surface area contributed by atoms with Gasteiger partial charge in [-0.25, -0.2) is 8.42 Å². The van der Waals surface area contributed by atoms with Crippen molar-refractivity contribution in [3.05, 3.63) is 65.6 Å². The normalized spacial score (nSPS) is 10.8. The van der Waals surface area contributed by atoms with Crippen molar-refractivity contribution in [3.63, 3.8) is 0 Å². The van der Waals surface area contributed by atoms with Crippen LogP contribution in [0.3, 0.4) is 0 Å². The number of carboxylic acids is 2. The lowest BCUT2D eigenvalue weighted by atomic mass is 10.0. The number of aryl methyl sites for hydroxylation is 1. The van der Waals surface area contributed by atoms with E-state index < -0.39 is 21.8 Å². The zero-order chi connectivity index (χ0) is 24.6. The van der Waals surface area contributed by atoms with Gasteiger partial charge in [0.1, 0.15) is 0 Å². The van der Waals surface area contributed by atoms with Crippen molar-refractivity contribution in [1.82, 2.24) is 9.97 Å². The number of benzene rings is 1. The summed E-state index contributed by atoms with van der Waals surface area (Å²) in [6, 6.07) is 12.4. The first-order valence-electron chi connectivity index (χ1n) is 9.80. The van der Waals surface area contributed by atoms with E-state index in [-0.39, 0.29) is 24.2 Å². The summed E-state index contributed by atoms with van der Waals surface area (Å²) in [7, 11) is -3.23. The molecule has 0 aliphatic heterocycles. The Morgan fingerprint density at radius 3 is 1.97 bits per heavy atom. The van der Waals surface area contributed by atoms with Crippen molar-refractivity contribution in [2.45, 2.75) is 31.1 Å². The van der Waals surface area contributed by atoms with Crippen LogP contribution in [0, 0.1) is 6.92 Å². The van der Waals surface area contributed by atoms with E-state index in [1.807, 2.05) is 25.1 Å². The fourth-order valence-corrected chi connectivity index (χ4v) is 3.56. The van der Waals surface area contributed by atoms with Crippen molar-refractivity contribution in [3.8, 4) is 22.4 Å². The average molecular weight is 491 g/mol. The van der Waals surface area contributed by atoms with Gasteiger partial charge < -0.3 is 10.2 Å². The van der Waals surface area contributed by atoms with Gasteiger partial charge in [0.25, 0.3) is 0 Å². The summed E-state index contributed by atoms with van der Waals surface area (Å²) in [5.74, 6) is -1.90. The summed E-state index contributed by atoms with van der Waals surface area (Å²) in [6.45, 7) is 1.92. The minimum absolute atomic E-state index is 0.0632. The lowest BCUT2D eigenvalue weighted by Crippen LogP contribution is -1.98. The Kier molecular flexibility index (Phi) is 9.07. The molecule has 33 heavy (non-hydrogen) atoms. The van der Waals surface area contributed by atoms with Crippen LogP contribution in [0.1, 0.15) is 25.0 Å². The molecule has 174 valence electrons. The fraction of sp³-hybridized carbons (Fsp3) is 0.217. The van der Waals surface area contributed by atoms with Crippen LogP contribution in [-0.2, 0) is 19.4 Å². The molecule has 0 aliphatic carbocycles. The summed E-state index contributed by atoms with van der Waals surface area (Å²) in [5.41, 5.74) is 4.21. The van der Waals surface area contributed by atoms with E-state index >= 15 is 0 Å². The minimum atomic E-state index is -3.23. The van der Waals surface area contributed by atoms with E-state index in [1.54, 1.807) is 36.7 Å². The zero-order valence-electron chi connectivity index (χ0n) is 18.0. The van der Waals surface area contributed by atoms with Gasteiger partial charge in [-0.3, -0.25) is 19.6 Å². The number of carboxylic acid groups (broad SMARTS) is 2. The van der Waals surface area contributed by atoms with Gasteiger partial charge in [0.05, 0.1) is 15.6 Å². The van der Waals surface area contributed by atoms with Gasteiger partial charge in [-0.2, -0.15) is 0 Å². The number of hydrogen-bond acceptors (Lipinski definition) is 6. The molecule has 0 atom stereocenters. The van der Waals surface area contributed by atoms with Crippen LogP contribution in [0.15, 0.2) is 59.8 Å². The molecular formula is C23H23ClN2O6S. The molecule has 3 aromatic rings. The predicted molar refractivity (Wildman–Crippen MR) is 125 cm³/mol. The SMILES string of the molecule is Cc1ccc(-c2ncc(Cl)cc2-c2ccc(S(C)(=O)=O)cc2)cn1.O=C(O)CCCC(=O)O. The summed E-state index contributed by atoms with van der Waals surface area (Å²) >= 11 is 6.11. The second kappa shape index (κ2) is 11.5. The van der Waals surface area contributed by atoms with Crippen LogP contribution in [0.5, 0.6) is 0 Å². The number of sulfone groups is 1. The third kappa shape index (κ3) is 8.28. The van der Waals surface area contributed by atoms with E-state index in [0.29, 0.717) is 5.02 Å². The van der Waals surface area contributed by atoms with Crippen molar-refractivity contribution < 1.29 is 28.2 Å². The number of halogens is 1. The molecule has 2 heterocycles. The topological polar surface area (TPSA) is 135 Å². The average Bonchev–Trinajstić information content (AvgIpc) is 2.74. The lowest BCUT2D eigenvalue weighted by Gasteiger charge is -2.10. The van der Waals surface area contributed by atoms with Crippen LogP contribution in [0.25, 0.3) is 22.4 Å². The monoisotopic (exact) mass is 490 g/mol. The smallest absolute Gasteiger partial charge is 0.303 e. The Morgan fingerprint density at radius 2 is 1.48 bits per heavy atom. The molecule has 8 nitrogen and oxygen atoms in total. The predicted octanol–water partition coefficient (Wildman–Crippen LogP) is 4.50. The summed E-state index contributed by atoms with van der Waals surface area (Å²) < 4.78 is 23.2. The van der Waals surface area contributed by atoms with Crippen molar-refractivity contribution in [2.75, 3.05) is 6.26 Å². The molecule has 0 fully saturated rings. The summed E-state index contributed by atoms with van der Waals surface area (Å²) in [5, 5.41) is 16.6. The maximum atomic E-state index is 11.6. The van der Waals surface area contributed by atoms with E-state index in [1.165, 1.54) is 6.26 Å². The molecular weight excluding hydrogens is 468 g/mol. The van der Waals surface area contributed by atoms with Crippen LogP contribution in [-0.4, -0.2) is 46.8 Å². The first-order chi connectivity index (χ1) is 15.5. The number of nitrogens with zero attached hydrogens (tertiary/aromatic N) is 2. The van der Waals surface area contributed by atoms with Crippen LogP contribution in [0.2, 0.25) is 5.02 Å². The van der Waals surface area contributed by atoms with E-state index in [9.17, 15) is 18.0 Å². The van der Waals surface area contributed by atoms with Gasteiger partial charge in [-0.1, -0.05) is 23.7 Å². The van der Waals surface area contributed by atoms with Gasteiger partial charge in [-0.05, 0) is 49.2 Å². The first-order valence-corrected chi connectivity index (χ1v) is 12.1. The Balaban J connectivity index is 0.000000365. The van der Waals surface area contributed by atoms with Crippen molar-refractivity contribution in [2.24, 2.45) is 0 Å². The molecule has 0 spiro atoms. The van der Waals surface area contributed by atoms with Gasteiger partial charge in [0.2, 0.25) is 0 Å². The molecule has 0 amide bonds. The van der Waals surface area contributed by atoms with Crippen LogP contribution >= 0.6 is 11.6 Å². The highest BCUT2D eigenvalue weighted by Crippen LogP contribution is 2.32. The first kappa shape index (κ1) is 26.0. The van der Waals surface area contributed by atoms with E-state index in [0.717, 1.165) is 28.1 Å². The van der Waals surface area contributed by atoms with Crippen molar-refractivity contribution in [1.29, 1.82) is 0 Å². The fourth-order valence-electron chi connectivity index (χ4n) is 2.77. The number of aliphatic carboxylic acids is 2. The van der Waals surface area contributed by atoms with E-state index in [4.69, 9.17) is 21.8 Å². The second-order valence-electron chi connectivity index (χ2n) is 7.18. The molecule has 0 saturated heterocycles. The Bertz CT molecular complexity index is 1210. The Labute approximate surface area is 196 Å². The minimum Gasteiger partial charge on any atom is -0.481 e. The maximum Gasteiger partial charge on any atom is 0.303 e. The molecule has 0 saturated carbocycles. The molecule has 2 N–H and O–H groups in total. The molecule has 0 radical (unpaired) electrons. The maximum absolute atomic E-state index is 11.6. The van der Waals surface area contributed by atoms with Gasteiger partial charge >= 0.3 is 11.9 Å². The van der Waals surface area contributed by atoms with Gasteiger partial charge in [0, 0.05) is 48.3 Å². The molecule has 0 unspecified atom stereocenters. The highest BCUT2D eigenvalue weighted by Gasteiger charge is 2.12. The summed E-state index contributed by atoms with van der Waals surface area (Å²) in [4.78, 5) is 28.6. The molecule has 10 heteroatoms. The van der Waals surface area contributed by atoms with E-state index in [2.05, 4.69) is 9.97 Å². The lowest BCUT2D eigenvalue weighted by molar-refractivity contribution is -0.138. The molecule has 2 aromatic heterocycles. The molecule has 1 aromatic carbocycles. The standard InChI is InChI=1S/C18H15ClN2O2S.C5H8O4/c1-12-3-4-14(10-20-12)18-17(9-15(19)11-21-18)13-5-7-16(8-6-13)24(2,22)23;6-4(7)2-1-3-5(8)9/h3-11H,1-2H3;1-3H2,(H,6,7)(H,8,9). The van der Waals surface area contributed by atoms with Crippen molar-refractivity contribution >= 4 is 33.4 Å².